The molecule has 0 aliphatic heterocycles. The smallest absolute Gasteiger partial charge is 0.253 e. The Balaban J connectivity index is 2.91. The van der Waals surface area contributed by atoms with Gasteiger partial charge in [-0.15, -0.1) is 0 Å². The fraction of sp³-hybridized carbons (Fsp3) is 0.364. The number of hydrogen-bond donors (Lipinski definition) is 3. The fourth-order valence-electron chi connectivity index (χ4n) is 1.28. The number of nitrogens with one attached hydrogen (secondary N) is 1. The molecule has 5 heteroatoms. The van der Waals surface area contributed by atoms with Crippen LogP contribution in [-0.2, 0) is 0 Å². The van der Waals surface area contributed by atoms with E-state index in [4.69, 9.17) is 22.4 Å². The molecule has 88 valence electrons. The lowest BCUT2D eigenvalue weighted by Gasteiger charge is -2.11. The molecular weight excluding hydrogens is 228 g/mol. The molecule has 1 atom stereocenters. The molecule has 0 aliphatic rings. The number of aliphatic hydroxyl groups is 1. The van der Waals surface area contributed by atoms with Crippen molar-refractivity contribution in [3.05, 3.63) is 28.3 Å². The summed E-state index contributed by atoms with van der Waals surface area (Å²) in [6.07, 6.45) is -0.592. The molecule has 0 radical (unpaired) electrons. The normalized spacial score (nSPS) is 12.2. The van der Waals surface area contributed by atoms with Crippen LogP contribution in [0.2, 0.25) is 5.02 Å². The second kappa shape index (κ2) is 5.18. The van der Waals surface area contributed by atoms with E-state index in [2.05, 4.69) is 5.32 Å². The summed E-state index contributed by atoms with van der Waals surface area (Å²) >= 11 is 5.84. The number of nitrogens with two attached hydrogens (primary N) is 1. The lowest BCUT2D eigenvalue weighted by molar-refractivity contribution is 0.0925. The van der Waals surface area contributed by atoms with Crippen molar-refractivity contribution in [3.8, 4) is 0 Å². The highest BCUT2D eigenvalue weighted by atomic mass is 35.5. The Morgan fingerprint density at radius 1 is 1.62 bits per heavy atom. The van der Waals surface area contributed by atoms with Crippen LogP contribution in [0.3, 0.4) is 0 Å². The third-order valence-corrected chi connectivity index (χ3v) is 2.37. The van der Waals surface area contributed by atoms with Crippen molar-refractivity contribution in [2.75, 3.05) is 12.3 Å². The van der Waals surface area contributed by atoms with E-state index in [1.165, 1.54) is 6.07 Å². The lowest BCUT2D eigenvalue weighted by Crippen LogP contribution is -2.31. The second-order valence-corrected chi connectivity index (χ2v) is 4.18. The van der Waals surface area contributed by atoms with Crippen LogP contribution in [0.15, 0.2) is 12.1 Å². The largest absolute Gasteiger partial charge is 0.398 e. The summed E-state index contributed by atoms with van der Waals surface area (Å²) in [7, 11) is 0. The topological polar surface area (TPSA) is 75.3 Å². The SMILES string of the molecule is Cc1cc(Cl)cc(C(=O)NCC(C)O)c1N. The molecule has 0 fully saturated rings. The molecule has 1 unspecified atom stereocenters. The van der Waals surface area contributed by atoms with E-state index in [-0.39, 0.29) is 12.5 Å². The molecule has 1 aromatic rings. The van der Waals surface area contributed by atoms with E-state index < -0.39 is 6.10 Å². The first kappa shape index (κ1) is 12.8. The monoisotopic (exact) mass is 242 g/mol. The number of hydrogen-bond acceptors (Lipinski definition) is 3. The number of halogens is 1. The van der Waals surface area contributed by atoms with Crippen molar-refractivity contribution in [3.63, 3.8) is 0 Å². The van der Waals surface area contributed by atoms with Crippen LogP contribution in [0.25, 0.3) is 0 Å². The van der Waals surface area contributed by atoms with Crippen molar-refractivity contribution >= 4 is 23.2 Å². The van der Waals surface area contributed by atoms with E-state index in [1.807, 2.05) is 0 Å². The highest BCUT2D eigenvalue weighted by molar-refractivity contribution is 6.31. The van der Waals surface area contributed by atoms with E-state index in [0.717, 1.165) is 5.56 Å². The minimum atomic E-state index is -0.592. The summed E-state index contributed by atoms with van der Waals surface area (Å²) in [5, 5.41) is 12.1. The summed E-state index contributed by atoms with van der Waals surface area (Å²) in [5.74, 6) is -0.330. The summed E-state index contributed by atoms with van der Waals surface area (Å²) < 4.78 is 0. The van der Waals surface area contributed by atoms with Crippen LogP contribution in [0.1, 0.15) is 22.8 Å². The predicted octanol–water partition coefficient (Wildman–Crippen LogP) is 1.34. The Morgan fingerprint density at radius 2 is 2.25 bits per heavy atom. The molecule has 0 heterocycles. The number of anilines is 1. The number of carbonyl (C=O) groups is 1. The predicted molar refractivity (Wildman–Crippen MR) is 64.6 cm³/mol. The van der Waals surface area contributed by atoms with Crippen molar-refractivity contribution in [1.29, 1.82) is 0 Å². The third kappa shape index (κ3) is 3.12. The van der Waals surface area contributed by atoms with Gasteiger partial charge in [-0.05, 0) is 31.5 Å². The molecule has 0 spiro atoms. The standard InChI is InChI=1S/C11H15ClN2O2/c1-6-3-8(12)4-9(10(6)13)11(16)14-5-7(2)15/h3-4,7,15H,5,13H2,1-2H3,(H,14,16). The van der Waals surface area contributed by atoms with Crippen molar-refractivity contribution in [1.82, 2.24) is 5.32 Å². The highest BCUT2D eigenvalue weighted by Gasteiger charge is 2.12. The van der Waals surface area contributed by atoms with Gasteiger partial charge < -0.3 is 16.2 Å². The van der Waals surface area contributed by atoms with Crippen molar-refractivity contribution < 1.29 is 9.90 Å². The number of amides is 1. The lowest BCUT2D eigenvalue weighted by atomic mass is 10.1. The van der Waals surface area contributed by atoms with Gasteiger partial charge in [0.15, 0.2) is 0 Å². The van der Waals surface area contributed by atoms with E-state index in [0.29, 0.717) is 16.3 Å². The van der Waals surface area contributed by atoms with Crippen molar-refractivity contribution in [2.45, 2.75) is 20.0 Å². The van der Waals surface area contributed by atoms with Crippen LogP contribution in [-0.4, -0.2) is 23.7 Å². The molecule has 0 aromatic heterocycles. The zero-order chi connectivity index (χ0) is 12.3. The Bertz CT molecular complexity index is 405. The van der Waals surface area contributed by atoms with Gasteiger partial charge in [0.1, 0.15) is 0 Å². The molecule has 1 aromatic carbocycles. The van der Waals surface area contributed by atoms with Gasteiger partial charge >= 0.3 is 0 Å². The Labute approximate surface area is 99.4 Å². The maximum absolute atomic E-state index is 11.7. The molecule has 0 bridgehead atoms. The van der Waals surface area contributed by atoms with E-state index >= 15 is 0 Å². The van der Waals surface area contributed by atoms with Gasteiger partial charge in [-0.3, -0.25) is 4.79 Å². The average molecular weight is 243 g/mol. The third-order valence-electron chi connectivity index (χ3n) is 2.15. The molecule has 4 N–H and O–H groups in total. The molecule has 16 heavy (non-hydrogen) atoms. The first-order valence-electron chi connectivity index (χ1n) is 4.93. The molecule has 0 saturated heterocycles. The summed E-state index contributed by atoms with van der Waals surface area (Å²) in [6, 6.07) is 3.21. The number of nitrogen functional groups attached to an aromatic ring is 1. The van der Waals surface area contributed by atoms with E-state index in [9.17, 15) is 4.79 Å². The summed E-state index contributed by atoms with van der Waals surface area (Å²) in [4.78, 5) is 11.7. The van der Waals surface area contributed by atoms with Crippen molar-refractivity contribution in [2.24, 2.45) is 0 Å². The Kier molecular flexibility index (Phi) is 4.15. The number of benzene rings is 1. The Morgan fingerprint density at radius 3 is 2.81 bits per heavy atom. The van der Waals surface area contributed by atoms with Crippen LogP contribution < -0.4 is 11.1 Å². The quantitative estimate of drug-likeness (QED) is 0.701. The summed E-state index contributed by atoms with van der Waals surface area (Å²) in [6.45, 7) is 3.56. The fourth-order valence-corrected chi connectivity index (χ4v) is 1.55. The van der Waals surface area contributed by atoms with Gasteiger partial charge in [-0.25, -0.2) is 0 Å². The molecular formula is C11H15ClN2O2. The number of rotatable bonds is 3. The maximum Gasteiger partial charge on any atom is 0.253 e. The van der Waals surface area contributed by atoms with Crippen LogP contribution in [0.5, 0.6) is 0 Å². The zero-order valence-corrected chi connectivity index (χ0v) is 10.0. The van der Waals surface area contributed by atoms with Gasteiger partial charge in [0.2, 0.25) is 0 Å². The number of aryl methyl sites for hydroxylation is 1. The molecule has 0 aliphatic carbocycles. The first-order valence-corrected chi connectivity index (χ1v) is 5.31. The van der Waals surface area contributed by atoms with Gasteiger partial charge in [0, 0.05) is 17.3 Å². The minimum Gasteiger partial charge on any atom is -0.398 e. The van der Waals surface area contributed by atoms with Gasteiger partial charge in [0.05, 0.1) is 11.7 Å². The maximum atomic E-state index is 11.7. The minimum absolute atomic E-state index is 0.184. The average Bonchev–Trinajstić information content (AvgIpc) is 2.19. The highest BCUT2D eigenvalue weighted by Crippen LogP contribution is 2.22. The van der Waals surface area contributed by atoms with Crippen LogP contribution in [0, 0.1) is 6.92 Å². The summed E-state index contributed by atoms with van der Waals surface area (Å²) in [5.41, 5.74) is 7.28. The zero-order valence-electron chi connectivity index (χ0n) is 9.25. The number of aliphatic hydroxyl groups excluding tert-OH is 1. The van der Waals surface area contributed by atoms with E-state index in [1.54, 1.807) is 19.9 Å². The van der Waals surface area contributed by atoms with Gasteiger partial charge in [0.25, 0.3) is 5.91 Å². The molecule has 1 rings (SSSR count). The van der Waals surface area contributed by atoms with Crippen LogP contribution in [0.4, 0.5) is 5.69 Å². The van der Waals surface area contributed by atoms with Crippen LogP contribution >= 0.6 is 11.6 Å². The first-order chi connectivity index (χ1) is 7.41. The van der Waals surface area contributed by atoms with Gasteiger partial charge in [-0.1, -0.05) is 11.6 Å². The second-order valence-electron chi connectivity index (χ2n) is 3.74. The molecule has 1 amide bonds. The van der Waals surface area contributed by atoms with Gasteiger partial charge in [-0.2, -0.15) is 0 Å². The molecule has 4 nitrogen and oxygen atoms in total. The molecule has 0 saturated carbocycles. The Hall–Kier alpha value is -1.26. The number of carbonyl (C=O) groups excluding carboxylic acids is 1.